The van der Waals surface area contributed by atoms with E-state index in [1.807, 2.05) is 6.07 Å². The maximum atomic E-state index is 14.1. The van der Waals surface area contributed by atoms with Crippen LogP contribution in [-0.2, 0) is 0 Å². The van der Waals surface area contributed by atoms with E-state index in [2.05, 4.69) is 20.2 Å². The molecule has 0 aliphatic heterocycles. The van der Waals surface area contributed by atoms with Crippen LogP contribution in [-0.4, -0.2) is 24.7 Å². The Hall–Kier alpha value is -2.80. The molecular weight excluding hydrogens is 357 g/mol. The zero-order valence-electron chi connectivity index (χ0n) is 13.8. The Morgan fingerprint density at radius 2 is 2.19 bits per heavy atom. The van der Waals surface area contributed by atoms with Crippen LogP contribution in [0, 0.1) is 12.7 Å². The minimum absolute atomic E-state index is 0.240. The molecule has 0 atom stereocenters. The first-order valence-corrected chi connectivity index (χ1v) is 8.64. The Morgan fingerprint density at radius 1 is 1.38 bits per heavy atom. The third-order valence-electron chi connectivity index (χ3n) is 4.77. The van der Waals surface area contributed by atoms with Gasteiger partial charge in [-0.15, -0.1) is 0 Å². The van der Waals surface area contributed by atoms with E-state index in [0.717, 1.165) is 18.5 Å². The monoisotopic (exact) mass is 369 g/mol. The molecule has 1 N–H and O–H groups in total. The van der Waals surface area contributed by atoms with E-state index in [-0.39, 0.29) is 16.2 Å². The topological polar surface area (TPSA) is 76.5 Å². The van der Waals surface area contributed by atoms with Gasteiger partial charge in [0.05, 0.1) is 11.4 Å². The second-order valence-corrected chi connectivity index (χ2v) is 6.89. The third-order valence-corrected chi connectivity index (χ3v) is 5.03. The predicted molar refractivity (Wildman–Crippen MR) is 96.5 cm³/mol. The van der Waals surface area contributed by atoms with Crippen molar-refractivity contribution in [3.8, 4) is 5.69 Å². The highest BCUT2D eigenvalue weighted by Gasteiger charge is 2.29. The van der Waals surface area contributed by atoms with Crippen LogP contribution in [0.5, 0.6) is 0 Å². The molecule has 4 heterocycles. The van der Waals surface area contributed by atoms with Crippen molar-refractivity contribution < 1.29 is 4.39 Å². The number of hydrogen-bond acceptors (Lipinski definition) is 4. The molecule has 0 amide bonds. The molecule has 4 aromatic heterocycles. The fourth-order valence-corrected chi connectivity index (χ4v) is 3.55. The lowest BCUT2D eigenvalue weighted by Gasteiger charge is -2.14. The van der Waals surface area contributed by atoms with Crippen LogP contribution in [0.2, 0.25) is 5.15 Å². The van der Waals surface area contributed by atoms with Crippen molar-refractivity contribution in [2.24, 2.45) is 0 Å². The minimum Gasteiger partial charge on any atom is -0.281 e. The molecule has 130 valence electrons. The van der Waals surface area contributed by atoms with Crippen LogP contribution in [0.4, 0.5) is 4.39 Å². The Morgan fingerprint density at radius 3 is 2.96 bits per heavy atom. The van der Waals surface area contributed by atoms with Crippen LogP contribution in [0.3, 0.4) is 0 Å². The summed E-state index contributed by atoms with van der Waals surface area (Å²) in [5.74, 6) is -0.319. The highest BCUT2D eigenvalue weighted by atomic mass is 35.5. The molecule has 4 aromatic rings. The van der Waals surface area contributed by atoms with E-state index in [1.54, 1.807) is 19.2 Å². The molecule has 0 saturated heterocycles. The summed E-state index contributed by atoms with van der Waals surface area (Å²) in [6.45, 7) is 1.78. The first-order chi connectivity index (χ1) is 12.6. The van der Waals surface area contributed by atoms with E-state index in [9.17, 15) is 9.18 Å². The van der Waals surface area contributed by atoms with Gasteiger partial charge in [0.1, 0.15) is 5.65 Å². The zero-order valence-corrected chi connectivity index (χ0v) is 14.5. The number of aryl methyl sites for hydroxylation is 1. The summed E-state index contributed by atoms with van der Waals surface area (Å²) in [5.41, 5.74) is 2.36. The number of H-pyrrole nitrogens is 1. The van der Waals surface area contributed by atoms with Crippen molar-refractivity contribution in [3.05, 3.63) is 57.1 Å². The van der Waals surface area contributed by atoms with Gasteiger partial charge in [0, 0.05) is 28.6 Å². The number of hydrogen-bond donors (Lipinski definition) is 1. The number of nitrogens with one attached hydrogen (secondary N) is 1. The number of aromatic nitrogens is 5. The molecule has 26 heavy (non-hydrogen) atoms. The molecule has 1 aliphatic rings. The summed E-state index contributed by atoms with van der Waals surface area (Å²) in [7, 11) is 0. The van der Waals surface area contributed by atoms with Crippen LogP contribution >= 0.6 is 11.6 Å². The molecule has 0 bridgehead atoms. The van der Waals surface area contributed by atoms with Gasteiger partial charge in [0.2, 0.25) is 0 Å². The van der Waals surface area contributed by atoms with Crippen LogP contribution in [0.1, 0.15) is 30.1 Å². The Balaban J connectivity index is 2.01. The summed E-state index contributed by atoms with van der Waals surface area (Å²) in [5, 5.41) is 7.71. The van der Waals surface area contributed by atoms with Gasteiger partial charge in [-0.3, -0.25) is 19.4 Å². The van der Waals surface area contributed by atoms with Gasteiger partial charge in [-0.05, 0) is 38.0 Å². The highest BCUT2D eigenvalue weighted by Crippen LogP contribution is 2.41. The summed E-state index contributed by atoms with van der Waals surface area (Å²) >= 11 is 5.94. The lowest BCUT2D eigenvalue weighted by Crippen LogP contribution is -2.22. The molecule has 0 aromatic carbocycles. The number of pyridine rings is 3. The van der Waals surface area contributed by atoms with E-state index in [1.165, 1.54) is 10.6 Å². The van der Waals surface area contributed by atoms with Crippen molar-refractivity contribution in [1.82, 2.24) is 24.7 Å². The zero-order chi connectivity index (χ0) is 18.0. The van der Waals surface area contributed by atoms with Crippen LogP contribution in [0.25, 0.3) is 27.6 Å². The minimum atomic E-state index is -0.639. The van der Waals surface area contributed by atoms with E-state index < -0.39 is 5.82 Å². The molecule has 5 rings (SSSR count). The molecule has 1 fully saturated rings. The van der Waals surface area contributed by atoms with Gasteiger partial charge in [0.15, 0.2) is 16.5 Å². The number of fused-ring (bicyclic) bond motifs is 3. The fraction of sp³-hybridized carbons (Fsp3) is 0.222. The normalized spacial score (nSPS) is 14.4. The van der Waals surface area contributed by atoms with Crippen molar-refractivity contribution >= 4 is 33.5 Å². The maximum absolute atomic E-state index is 14.1. The van der Waals surface area contributed by atoms with Crippen LogP contribution < -0.4 is 5.56 Å². The van der Waals surface area contributed by atoms with Crippen molar-refractivity contribution in [2.45, 2.75) is 25.7 Å². The lowest BCUT2D eigenvalue weighted by atomic mass is 10.1. The van der Waals surface area contributed by atoms with Crippen molar-refractivity contribution in [2.75, 3.05) is 0 Å². The van der Waals surface area contributed by atoms with Gasteiger partial charge in [-0.25, -0.2) is 9.37 Å². The van der Waals surface area contributed by atoms with Gasteiger partial charge in [0.25, 0.3) is 5.56 Å². The second kappa shape index (κ2) is 5.35. The molecule has 1 aliphatic carbocycles. The van der Waals surface area contributed by atoms with Gasteiger partial charge in [-0.1, -0.05) is 11.6 Å². The maximum Gasteiger partial charge on any atom is 0.285 e. The number of aromatic amines is 1. The lowest BCUT2D eigenvalue weighted by molar-refractivity contribution is 0.624. The Labute approximate surface area is 151 Å². The summed E-state index contributed by atoms with van der Waals surface area (Å²) in [6.07, 6.45) is 3.77. The van der Waals surface area contributed by atoms with Crippen molar-refractivity contribution in [1.29, 1.82) is 0 Å². The summed E-state index contributed by atoms with van der Waals surface area (Å²) < 4.78 is 15.6. The molecule has 8 heteroatoms. The van der Waals surface area contributed by atoms with Crippen LogP contribution in [0.15, 0.2) is 29.2 Å². The highest BCUT2D eigenvalue weighted by molar-refractivity contribution is 6.30. The molecule has 0 spiro atoms. The second-order valence-electron chi connectivity index (χ2n) is 6.53. The molecule has 0 radical (unpaired) electrons. The number of rotatable bonds is 2. The summed E-state index contributed by atoms with van der Waals surface area (Å²) in [4.78, 5) is 21.9. The average molecular weight is 370 g/mol. The average Bonchev–Trinajstić information content (AvgIpc) is 3.40. The molecule has 6 nitrogen and oxygen atoms in total. The van der Waals surface area contributed by atoms with Gasteiger partial charge in [-0.2, -0.15) is 5.10 Å². The largest absolute Gasteiger partial charge is 0.285 e. The third kappa shape index (κ3) is 2.10. The summed E-state index contributed by atoms with van der Waals surface area (Å²) in [6, 6.07) is 4.90. The predicted octanol–water partition coefficient (Wildman–Crippen LogP) is 3.64. The number of nitrogens with zero attached hydrogens (tertiary/aromatic N) is 4. The molecular formula is C18H13ClFN5O. The quantitative estimate of drug-likeness (QED) is 0.547. The van der Waals surface area contributed by atoms with Crippen molar-refractivity contribution in [3.63, 3.8) is 0 Å². The van der Waals surface area contributed by atoms with Gasteiger partial charge < -0.3 is 0 Å². The number of halogens is 2. The first-order valence-electron chi connectivity index (χ1n) is 8.27. The smallest absolute Gasteiger partial charge is 0.281 e. The fourth-order valence-electron chi connectivity index (χ4n) is 3.42. The Kier molecular flexibility index (Phi) is 3.18. The standard InChI is InChI=1S/C18H13ClFN5O/c1-8-13-10-7-11(20)16(19)22-17(10)25(18(26)15(13)24-23-8)12-3-2-6-21-14(12)9-4-5-9/h2-3,6-7,9H,4-5H2,1H3,(H,23,24). The Bertz CT molecular complexity index is 1260. The molecule has 0 unspecified atom stereocenters. The molecule has 1 saturated carbocycles. The van der Waals surface area contributed by atoms with Gasteiger partial charge >= 0.3 is 0 Å². The van der Waals surface area contributed by atoms with E-state index in [0.29, 0.717) is 33.7 Å². The van der Waals surface area contributed by atoms with E-state index in [4.69, 9.17) is 11.6 Å². The van der Waals surface area contributed by atoms with E-state index >= 15 is 0 Å². The first kappa shape index (κ1) is 15.5. The SMILES string of the molecule is Cc1[nH]nc2c(=O)n(-c3cccnc3C3CC3)c3nc(Cl)c(F)cc3c12.